The molecule has 5 heteroatoms. The quantitative estimate of drug-likeness (QED) is 0.914. The first-order chi connectivity index (χ1) is 10.8. The molecule has 2 aromatic rings. The second-order valence-corrected chi connectivity index (χ2v) is 6.10. The highest BCUT2D eigenvalue weighted by Gasteiger charge is 2.28. The number of carbonyl (C=O) groups excluding carboxylic acids is 1. The van der Waals surface area contributed by atoms with Crippen molar-refractivity contribution in [3.05, 3.63) is 41.6 Å². The molecule has 1 aromatic carbocycles. The number of aromatic amines is 1. The lowest BCUT2D eigenvalue weighted by Crippen LogP contribution is -2.23. The molecule has 2 N–H and O–H groups in total. The van der Waals surface area contributed by atoms with E-state index in [1.54, 1.807) is 6.20 Å². The molecule has 0 spiro atoms. The number of nitrogens with zero attached hydrogens (tertiary/aromatic N) is 1. The van der Waals surface area contributed by atoms with Crippen LogP contribution in [0.25, 0.3) is 0 Å². The van der Waals surface area contributed by atoms with Crippen molar-refractivity contribution in [3.8, 4) is 5.75 Å². The average Bonchev–Trinajstić information content (AvgIpc) is 3.18. The summed E-state index contributed by atoms with van der Waals surface area (Å²) in [6, 6.07) is 8.13. The summed E-state index contributed by atoms with van der Waals surface area (Å²) in [5, 5.41) is 9.72. The maximum atomic E-state index is 11.9. The fourth-order valence-corrected chi connectivity index (χ4v) is 3.45. The van der Waals surface area contributed by atoms with Crippen LogP contribution >= 0.6 is 0 Å². The molecule has 22 heavy (non-hydrogen) atoms. The Hall–Kier alpha value is -2.30. The predicted octanol–water partition coefficient (Wildman–Crippen LogP) is 3.21. The van der Waals surface area contributed by atoms with E-state index < -0.39 is 0 Å². The number of hydrogen-bond acceptors (Lipinski definition) is 3. The molecular weight excluding hydrogens is 278 g/mol. The molecule has 0 bridgehead atoms. The summed E-state index contributed by atoms with van der Waals surface area (Å²) in [6.45, 7) is 0. The Bertz CT molecular complexity index is 689. The van der Waals surface area contributed by atoms with Crippen LogP contribution < -0.4 is 10.1 Å². The van der Waals surface area contributed by atoms with Gasteiger partial charge in [-0.2, -0.15) is 5.10 Å². The van der Waals surface area contributed by atoms with Gasteiger partial charge < -0.3 is 10.1 Å². The van der Waals surface area contributed by atoms with E-state index in [4.69, 9.17) is 4.74 Å². The Morgan fingerprint density at radius 2 is 2.09 bits per heavy atom. The minimum absolute atomic E-state index is 0.0175. The molecule has 1 amide bonds. The van der Waals surface area contributed by atoms with Crippen molar-refractivity contribution in [2.45, 2.75) is 44.1 Å². The highest BCUT2D eigenvalue weighted by Crippen LogP contribution is 2.37. The van der Waals surface area contributed by atoms with Gasteiger partial charge in [-0.1, -0.05) is 12.1 Å². The van der Waals surface area contributed by atoms with E-state index in [9.17, 15) is 4.79 Å². The molecule has 1 atom stereocenters. The van der Waals surface area contributed by atoms with Crippen LogP contribution in [-0.4, -0.2) is 22.2 Å². The number of fused-ring (bicyclic) bond motifs is 1. The number of rotatable bonds is 3. The van der Waals surface area contributed by atoms with Crippen LogP contribution in [0.15, 0.2) is 30.5 Å². The number of H-pyrrole nitrogens is 1. The first-order valence-corrected chi connectivity index (χ1v) is 7.89. The van der Waals surface area contributed by atoms with Crippen molar-refractivity contribution in [1.29, 1.82) is 0 Å². The number of amides is 1. The standard InChI is InChI=1S/C17H19N3O2/c21-16-9-14(15-10-18-20-17(15)19-16)11-4-3-7-13(8-11)22-12-5-1-2-6-12/h3-4,7-8,10,12,14H,1-2,5-6,9H2,(H2,18,19,20,21). The molecule has 1 aromatic heterocycles. The van der Waals surface area contributed by atoms with Gasteiger partial charge in [0.15, 0.2) is 0 Å². The van der Waals surface area contributed by atoms with E-state index in [1.165, 1.54) is 12.8 Å². The lowest BCUT2D eigenvalue weighted by Gasteiger charge is -2.23. The van der Waals surface area contributed by atoms with Crippen LogP contribution in [0.4, 0.5) is 5.82 Å². The summed E-state index contributed by atoms with van der Waals surface area (Å²) in [5.74, 6) is 1.67. The molecule has 5 nitrogen and oxygen atoms in total. The zero-order chi connectivity index (χ0) is 14.9. The zero-order valence-corrected chi connectivity index (χ0v) is 12.3. The smallest absolute Gasteiger partial charge is 0.226 e. The number of aromatic nitrogens is 2. The summed E-state index contributed by atoms with van der Waals surface area (Å²) in [5.41, 5.74) is 2.14. The molecule has 0 saturated heterocycles. The molecule has 1 aliphatic heterocycles. The van der Waals surface area contributed by atoms with Crippen molar-refractivity contribution < 1.29 is 9.53 Å². The molecule has 4 rings (SSSR count). The third-order valence-corrected chi connectivity index (χ3v) is 4.56. The Morgan fingerprint density at radius 3 is 2.95 bits per heavy atom. The fraction of sp³-hybridized carbons (Fsp3) is 0.412. The Morgan fingerprint density at radius 1 is 1.23 bits per heavy atom. The van der Waals surface area contributed by atoms with Crippen LogP contribution in [-0.2, 0) is 4.79 Å². The number of anilines is 1. The van der Waals surface area contributed by atoms with Gasteiger partial charge in [0.1, 0.15) is 11.6 Å². The highest BCUT2D eigenvalue weighted by atomic mass is 16.5. The second-order valence-electron chi connectivity index (χ2n) is 6.10. The highest BCUT2D eigenvalue weighted by molar-refractivity contribution is 5.94. The van der Waals surface area contributed by atoms with Crippen molar-refractivity contribution >= 4 is 11.7 Å². The first-order valence-electron chi connectivity index (χ1n) is 7.89. The Balaban J connectivity index is 1.61. The molecule has 1 saturated carbocycles. The van der Waals surface area contributed by atoms with E-state index >= 15 is 0 Å². The number of benzene rings is 1. The minimum Gasteiger partial charge on any atom is -0.490 e. The largest absolute Gasteiger partial charge is 0.490 e. The number of ether oxygens (including phenoxy) is 1. The first kappa shape index (κ1) is 13.4. The van der Waals surface area contributed by atoms with Gasteiger partial charge in [-0.3, -0.25) is 9.89 Å². The number of nitrogens with one attached hydrogen (secondary N) is 2. The molecular formula is C17H19N3O2. The van der Waals surface area contributed by atoms with Gasteiger partial charge in [0.2, 0.25) is 5.91 Å². The van der Waals surface area contributed by atoms with Gasteiger partial charge >= 0.3 is 0 Å². The Kier molecular flexibility index (Phi) is 3.33. The predicted molar refractivity (Wildman–Crippen MR) is 83.0 cm³/mol. The maximum Gasteiger partial charge on any atom is 0.226 e. The molecule has 2 aliphatic rings. The lowest BCUT2D eigenvalue weighted by atomic mass is 9.87. The van der Waals surface area contributed by atoms with Crippen molar-refractivity contribution in [2.24, 2.45) is 0 Å². The number of carbonyl (C=O) groups is 1. The topological polar surface area (TPSA) is 67.0 Å². The van der Waals surface area contributed by atoms with E-state index in [2.05, 4.69) is 27.6 Å². The Labute approximate surface area is 129 Å². The second kappa shape index (κ2) is 5.48. The normalized spacial score (nSPS) is 21.5. The van der Waals surface area contributed by atoms with Gasteiger partial charge in [0.05, 0.1) is 12.3 Å². The van der Waals surface area contributed by atoms with Crippen molar-refractivity contribution in [1.82, 2.24) is 10.2 Å². The summed E-state index contributed by atoms with van der Waals surface area (Å²) in [7, 11) is 0. The van der Waals surface area contributed by atoms with E-state index in [0.29, 0.717) is 18.3 Å². The van der Waals surface area contributed by atoms with Crippen LogP contribution in [0, 0.1) is 0 Å². The van der Waals surface area contributed by atoms with E-state index in [-0.39, 0.29) is 11.8 Å². The maximum absolute atomic E-state index is 11.9. The van der Waals surface area contributed by atoms with Gasteiger partial charge in [-0.05, 0) is 43.4 Å². The van der Waals surface area contributed by atoms with E-state index in [0.717, 1.165) is 29.7 Å². The third-order valence-electron chi connectivity index (χ3n) is 4.56. The zero-order valence-electron chi connectivity index (χ0n) is 12.3. The monoisotopic (exact) mass is 297 g/mol. The van der Waals surface area contributed by atoms with Crippen molar-refractivity contribution in [3.63, 3.8) is 0 Å². The van der Waals surface area contributed by atoms with Crippen LogP contribution in [0.5, 0.6) is 5.75 Å². The van der Waals surface area contributed by atoms with Gasteiger partial charge in [0, 0.05) is 17.9 Å². The molecule has 1 aliphatic carbocycles. The molecule has 114 valence electrons. The average molecular weight is 297 g/mol. The molecule has 2 heterocycles. The molecule has 1 fully saturated rings. The summed E-state index contributed by atoms with van der Waals surface area (Å²) in [6.07, 6.45) is 7.37. The van der Waals surface area contributed by atoms with Gasteiger partial charge in [-0.15, -0.1) is 0 Å². The van der Waals surface area contributed by atoms with Crippen molar-refractivity contribution in [2.75, 3.05) is 5.32 Å². The van der Waals surface area contributed by atoms with E-state index in [1.807, 2.05) is 12.1 Å². The summed E-state index contributed by atoms with van der Waals surface area (Å²) >= 11 is 0. The minimum atomic E-state index is 0.0175. The molecule has 1 unspecified atom stereocenters. The summed E-state index contributed by atoms with van der Waals surface area (Å²) in [4.78, 5) is 11.9. The summed E-state index contributed by atoms with van der Waals surface area (Å²) < 4.78 is 6.08. The van der Waals surface area contributed by atoms with Crippen LogP contribution in [0.1, 0.15) is 49.1 Å². The van der Waals surface area contributed by atoms with Crippen LogP contribution in [0.2, 0.25) is 0 Å². The van der Waals surface area contributed by atoms with Crippen LogP contribution in [0.3, 0.4) is 0 Å². The van der Waals surface area contributed by atoms with Gasteiger partial charge in [0.25, 0.3) is 0 Å². The van der Waals surface area contributed by atoms with Gasteiger partial charge in [-0.25, -0.2) is 0 Å². The molecule has 0 radical (unpaired) electrons. The third kappa shape index (κ3) is 2.47. The fourth-order valence-electron chi connectivity index (χ4n) is 3.45. The number of hydrogen-bond donors (Lipinski definition) is 2. The lowest BCUT2D eigenvalue weighted by molar-refractivity contribution is -0.116. The SMILES string of the molecule is O=C1CC(c2cccc(OC3CCCC3)c2)c2cn[nH]c2N1.